The predicted molar refractivity (Wildman–Crippen MR) is 80.7 cm³/mol. The summed E-state index contributed by atoms with van der Waals surface area (Å²) in [4.78, 5) is 14.6. The van der Waals surface area contributed by atoms with Crippen LogP contribution in [0.1, 0.15) is 30.0 Å². The molecule has 2 aliphatic rings. The third-order valence-corrected chi connectivity index (χ3v) is 4.17. The normalized spacial score (nSPS) is 22.6. The molecule has 3 heterocycles. The summed E-state index contributed by atoms with van der Waals surface area (Å²) >= 11 is 0. The van der Waals surface area contributed by atoms with Gasteiger partial charge in [-0.15, -0.1) is 0 Å². The highest BCUT2D eigenvalue weighted by Crippen LogP contribution is 2.15. The van der Waals surface area contributed by atoms with Crippen LogP contribution in [0.25, 0.3) is 0 Å². The van der Waals surface area contributed by atoms with Gasteiger partial charge in [0, 0.05) is 25.7 Å². The summed E-state index contributed by atoms with van der Waals surface area (Å²) in [6, 6.07) is 2.40. The van der Waals surface area contributed by atoms with Gasteiger partial charge in [0.05, 0.1) is 38.2 Å². The first kappa shape index (κ1) is 15.5. The molecule has 0 aliphatic carbocycles. The van der Waals surface area contributed by atoms with Crippen LogP contribution >= 0.6 is 0 Å². The first-order valence-corrected chi connectivity index (χ1v) is 7.92. The van der Waals surface area contributed by atoms with Crippen LogP contribution in [0.2, 0.25) is 0 Å². The molecule has 122 valence electrons. The Hall–Kier alpha value is -1.44. The topological polar surface area (TPSA) is 68.6 Å². The van der Waals surface area contributed by atoms with Gasteiger partial charge in [0.15, 0.2) is 0 Å². The van der Waals surface area contributed by atoms with E-state index in [-0.39, 0.29) is 12.0 Å². The average Bonchev–Trinajstić information content (AvgIpc) is 2.96. The number of hydrogen-bond acceptors (Lipinski definition) is 5. The Morgan fingerprint density at radius 1 is 1.45 bits per heavy atom. The molecule has 0 unspecified atom stereocenters. The Balaban J connectivity index is 1.57. The highest BCUT2D eigenvalue weighted by Gasteiger charge is 2.23. The largest absolute Gasteiger partial charge is 0.376 e. The zero-order valence-electron chi connectivity index (χ0n) is 13.2. The van der Waals surface area contributed by atoms with Gasteiger partial charge in [-0.3, -0.25) is 14.4 Å². The van der Waals surface area contributed by atoms with Crippen molar-refractivity contribution in [1.29, 1.82) is 0 Å². The summed E-state index contributed by atoms with van der Waals surface area (Å²) < 4.78 is 12.8. The van der Waals surface area contributed by atoms with Gasteiger partial charge < -0.3 is 14.8 Å². The molecule has 22 heavy (non-hydrogen) atoms. The molecule has 0 spiro atoms. The Labute approximate surface area is 130 Å². The van der Waals surface area contributed by atoms with Crippen LogP contribution in [0.15, 0.2) is 6.07 Å². The number of aromatic nitrogens is 2. The fourth-order valence-electron chi connectivity index (χ4n) is 2.79. The lowest BCUT2D eigenvalue weighted by molar-refractivity contribution is -0.0855. The lowest BCUT2D eigenvalue weighted by atomic mass is 10.2. The van der Waals surface area contributed by atoms with Crippen LogP contribution in [-0.4, -0.2) is 65.6 Å². The van der Waals surface area contributed by atoms with Crippen LogP contribution in [0, 0.1) is 0 Å². The van der Waals surface area contributed by atoms with Crippen molar-refractivity contribution in [1.82, 2.24) is 20.0 Å². The molecule has 1 N–H and O–H groups in total. The summed E-state index contributed by atoms with van der Waals surface area (Å²) in [7, 11) is 0. The highest BCUT2D eigenvalue weighted by molar-refractivity contribution is 5.92. The summed E-state index contributed by atoms with van der Waals surface area (Å²) in [5.74, 6) is -0.146. The average molecular weight is 308 g/mol. The Morgan fingerprint density at radius 3 is 3.05 bits per heavy atom. The molecule has 2 aliphatic heterocycles. The smallest absolute Gasteiger partial charge is 0.271 e. The van der Waals surface area contributed by atoms with Crippen LogP contribution in [0.3, 0.4) is 0 Å². The Bertz CT molecular complexity index is 523. The van der Waals surface area contributed by atoms with Crippen LogP contribution < -0.4 is 5.32 Å². The molecule has 1 saturated heterocycles. The summed E-state index contributed by atoms with van der Waals surface area (Å²) in [5, 5.41) is 7.29. The van der Waals surface area contributed by atoms with E-state index in [2.05, 4.69) is 29.2 Å². The molecule has 7 nitrogen and oxygen atoms in total. The standard InChI is InChI=1S/C15H24N4O3/c1-11(2)18-3-4-19-12(9-18)7-14(17-19)15(20)16-8-13-10-21-5-6-22-13/h7,11,13H,3-6,8-10H2,1-2H3,(H,16,20)/t13-/m1/s1. The summed E-state index contributed by atoms with van der Waals surface area (Å²) in [6.07, 6.45) is -0.0635. The second-order valence-electron chi connectivity index (χ2n) is 6.09. The van der Waals surface area contributed by atoms with Gasteiger partial charge in [-0.25, -0.2) is 0 Å². The molecule has 1 aromatic heterocycles. The molecule has 0 bridgehead atoms. The Kier molecular flexibility index (Phi) is 4.75. The maximum Gasteiger partial charge on any atom is 0.271 e. The second kappa shape index (κ2) is 6.76. The van der Waals surface area contributed by atoms with Crippen LogP contribution in [0.5, 0.6) is 0 Å². The van der Waals surface area contributed by atoms with E-state index in [1.807, 2.05) is 10.7 Å². The zero-order chi connectivity index (χ0) is 15.5. The van der Waals surface area contributed by atoms with Crippen molar-refractivity contribution in [2.75, 3.05) is 32.9 Å². The van der Waals surface area contributed by atoms with E-state index in [4.69, 9.17) is 9.47 Å². The number of nitrogens with zero attached hydrogens (tertiary/aromatic N) is 3. The van der Waals surface area contributed by atoms with E-state index in [9.17, 15) is 4.79 Å². The molecule has 0 aromatic carbocycles. The van der Waals surface area contributed by atoms with Gasteiger partial charge in [0.2, 0.25) is 0 Å². The van der Waals surface area contributed by atoms with Crippen LogP contribution in [-0.2, 0) is 22.6 Å². The fraction of sp³-hybridized carbons (Fsp3) is 0.733. The number of carbonyl (C=O) groups excluding carboxylic acids is 1. The maximum absolute atomic E-state index is 12.2. The first-order chi connectivity index (χ1) is 10.6. The third-order valence-electron chi connectivity index (χ3n) is 4.17. The fourth-order valence-corrected chi connectivity index (χ4v) is 2.79. The monoisotopic (exact) mass is 308 g/mol. The van der Waals surface area contributed by atoms with Crippen molar-refractivity contribution in [2.24, 2.45) is 0 Å². The molecule has 3 rings (SSSR count). The summed E-state index contributed by atoms with van der Waals surface area (Å²) in [5.41, 5.74) is 1.58. The molecule has 1 atom stereocenters. The molecular weight excluding hydrogens is 284 g/mol. The minimum absolute atomic E-state index is 0.0635. The molecule has 1 aromatic rings. The van der Waals surface area contributed by atoms with Crippen molar-refractivity contribution in [3.63, 3.8) is 0 Å². The third kappa shape index (κ3) is 3.48. The second-order valence-corrected chi connectivity index (χ2v) is 6.09. The van der Waals surface area contributed by atoms with Crippen molar-refractivity contribution in [3.8, 4) is 0 Å². The zero-order valence-corrected chi connectivity index (χ0v) is 13.2. The molecule has 7 heteroatoms. The number of rotatable bonds is 4. The number of carbonyl (C=O) groups is 1. The SMILES string of the molecule is CC(C)N1CCn2nc(C(=O)NC[C@@H]3COCCO3)cc2C1. The molecule has 1 amide bonds. The molecule has 0 saturated carbocycles. The van der Waals surface area contributed by atoms with Gasteiger partial charge >= 0.3 is 0 Å². The van der Waals surface area contributed by atoms with Crippen molar-refractivity contribution in [2.45, 2.75) is 39.1 Å². The van der Waals surface area contributed by atoms with Crippen molar-refractivity contribution in [3.05, 3.63) is 17.5 Å². The minimum Gasteiger partial charge on any atom is -0.376 e. The highest BCUT2D eigenvalue weighted by atomic mass is 16.6. The van der Waals surface area contributed by atoms with Crippen molar-refractivity contribution < 1.29 is 14.3 Å². The van der Waals surface area contributed by atoms with E-state index in [0.717, 1.165) is 25.3 Å². The van der Waals surface area contributed by atoms with Gasteiger partial charge in [-0.1, -0.05) is 0 Å². The number of ether oxygens (including phenoxy) is 2. The lowest BCUT2D eigenvalue weighted by Crippen LogP contribution is -2.39. The van der Waals surface area contributed by atoms with E-state index >= 15 is 0 Å². The molecular formula is C15H24N4O3. The Morgan fingerprint density at radius 2 is 2.32 bits per heavy atom. The number of amides is 1. The predicted octanol–water partition coefficient (Wildman–Crippen LogP) is 0.252. The maximum atomic E-state index is 12.2. The first-order valence-electron chi connectivity index (χ1n) is 7.92. The number of fused-ring (bicyclic) bond motifs is 1. The van der Waals surface area contributed by atoms with Gasteiger partial charge in [0.1, 0.15) is 5.69 Å². The molecule has 1 fully saturated rings. The number of nitrogens with one attached hydrogen (secondary N) is 1. The van der Waals surface area contributed by atoms with E-state index in [1.165, 1.54) is 0 Å². The lowest BCUT2D eigenvalue weighted by Gasteiger charge is -2.30. The summed E-state index contributed by atoms with van der Waals surface area (Å²) in [6.45, 7) is 9.23. The van der Waals surface area contributed by atoms with Gasteiger partial charge in [0.25, 0.3) is 5.91 Å². The van der Waals surface area contributed by atoms with Crippen LogP contribution in [0.4, 0.5) is 0 Å². The number of hydrogen-bond donors (Lipinski definition) is 1. The van der Waals surface area contributed by atoms with E-state index in [1.54, 1.807) is 0 Å². The molecule has 0 radical (unpaired) electrons. The van der Waals surface area contributed by atoms with Gasteiger partial charge in [-0.2, -0.15) is 5.10 Å². The van der Waals surface area contributed by atoms with E-state index in [0.29, 0.717) is 38.1 Å². The van der Waals surface area contributed by atoms with Gasteiger partial charge in [-0.05, 0) is 19.9 Å². The minimum atomic E-state index is -0.146. The van der Waals surface area contributed by atoms with Crippen molar-refractivity contribution >= 4 is 5.91 Å². The quantitative estimate of drug-likeness (QED) is 0.864. The van der Waals surface area contributed by atoms with E-state index < -0.39 is 0 Å².